The number of hydrogen-bond acceptors (Lipinski definition) is 3. The zero-order chi connectivity index (χ0) is 18.2. The Bertz CT molecular complexity index is 706. The molecular formula is C20H25FN2O2. The fraction of sp³-hybridized carbons (Fsp3) is 0.350. The van der Waals surface area contributed by atoms with Gasteiger partial charge in [-0.3, -0.25) is 4.79 Å². The average Bonchev–Trinajstić information content (AvgIpc) is 2.60. The molecule has 5 heteroatoms. The molecule has 0 radical (unpaired) electrons. The largest absolute Gasteiger partial charge is 0.387 e. The summed E-state index contributed by atoms with van der Waals surface area (Å²) in [7, 11) is 0. The van der Waals surface area contributed by atoms with Gasteiger partial charge in [0.25, 0.3) is 0 Å². The summed E-state index contributed by atoms with van der Waals surface area (Å²) in [6.07, 6.45) is 0.161. The molecule has 0 heterocycles. The highest BCUT2D eigenvalue weighted by molar-refractivity contribution is 5.91. The Morgan fingerprint density at radius 2 is 1.84 bits per heavy atom. The molecule has 0 saturated carbocycles. The highest BCUT2D eigenvalue weighted by Gasteiger charge is 2.15. The standard InChI is InChI=1S/C20H25FN2O2/c1-3-15-8-4-7-11-18(15)23-20(25)12-14(2)22-13-19(24)16-9-5-6-10-17(16)21/h4-11,14,19,22,24H,3,12-13H2,1-2H3,(H,23,25)/t14-,19-/m0/s1. The lowest BCUT2D eigenvalue weighted by Crippen LogP contribution is -2.34. The number of halogens is 1. The van der Waals surface area contributed by atoms with Gasteiger partial charge in [0.2, 0.25) is 5.91 Å². The van der Waals surface area contributed by atoms with Crippen molar-refractivity contribution in [3.63, 3.8) is 0 Å². The number of amides is 1. The predicted molar refractivity (Wildman–Crippen MR) is 97.9 cm³/mol. The maximum Gasteiger partial charge on any atom is 0.225 e. The molecule has 0 aromatic heterocycles. The minimum absolute atomic E-state index is 0.0960. The summed E-state index contributed by atoms with van der Waals surface area (Å²) >= 11 is 0. The van der Waals surface area contributed by atoms with E-state index in [4.69, 9.17) is 0 Å². The van der Waals surface area contributed by atoms with Crippen LogP contribution in [0.5, 0.6) is 0 Å². The van der Waals surface area contributed by atoms with Crippen LogP contribution in [0.4, 0.5) is 10.1 Å². The molecule has 2 aromatic carbocycles. The monoisotopic (exact) mass is 344 g/mol. The minimum Gasteiger partial charge on any atom is -0.387 e. The topological polar surface area (TPSA) is 61.4 Å². The van der Waals surface area contributed by atoms with Crippen LogP contribution in [-0.2, 0) is 11.2 Å². The molecule has 0 unspecified atom stereocenters. The molecule has 25 heavy (non-hydrogen) atoms. The van der Waals surface area contributed by atoms with Crippen molar-refractivity contribution >= 4 is 11.6 Å². The molecule has 0 aliphatic carbocycles. The van der Waals surface area contributed by atoms with E-state index in [1.807, 2.05) is 38.1 Å². The van der Waals surface area contributed by atoms with Crippen molar-refractivity contribution in [1.82, 2.24) is 5.32 Å². The summed E-state index contributed by atoms with van der Waals surface area (Å²) in [6.45, 7) is 4.08. The Morgan fingerprint density at radius 3 is 2.56 bits per heavy atom. The van der Waals surface area contributed by atoms with Crippen LogP contribution in [0.3, 0.4) is 0 Å². The van der Waals surface area contributed by atoms with Gasteiger partial charge in [0.1, 0.15) is 5.82 Å². The molecule has 1 amide bonds. The summed E-state index contributed by atoms with van der Waals surface area (Å²) in [6, 6.07) is 13.7. The molecule has 134 valence electrons. The number of carbonyl (C=O) groups is 1. The maximum atomic E-state index is 13.6. The number of aryl methyl sites for hydroxylation is 1. The SMILES string of the molecule is CCc1ccccc1NC(=O)C[C@H](C)NC[C@H](O)c1ccccc1F. The Kier molecular flexibility index (Phi) is 7.10. The zero-order valence-electron chi connectivity index (χ0n) is 14.6. The van der Waals surface area contributed by atoms with E-state index in [0.717, 1.165) is 17.7 Å². The van der Waals surface area contributed by atoms with E-state index in [0.29, 0.717) is 0 Å². The first-order valence-electron chi connectivity index (χ1n) is 8.54. The molecule has 0 aliphatic rings. The van der Waals surface area contributed by atoms with E-state index in [-0.39, 0.29) is 30.5 Å². The van der Waals surface area contributed by atoms with Gasteiger partial charge in [0, 0.05) is 30.3 Å². The molecule has 0 aliphatic heterocycles. The number of para-hydroxylation sites is 1. The Labute approximate surface area is 148 Å². The lowest BCUT2D eigenvalue weighted by atomic mass is 10.1. The summed E-state index contributed by atoms with van der Waals surface area (Å²) in [5.74, 6) is -0.528. The predicted octanol–water partition coefficient (Wildman–Crippen LogP) is 3.43. The second-order valence-electron chi connectivity index (χ2n) is 6.11. The third kappa shape index (κ3) is 5.66. The summed E-state index contributed by atoms with van der Waals surface area (Å²) in [5, 5.41) is 16.1. The first kappa shape index (κ1) is 19.1. The molecule has 0 fully saturated rings. The van der Waals surface area contributed by atoms with Gasteiger partial charge in [-0.25, -0.2) is 4.39 Å². The van der Waals surface area contributed by atoms with E-state index in [9.17, 15) is 14.3 Å². The van der Waals surface area contributed by atoms with E-state index in [1.165, 1.54) is 6.07 Å². The van der Waals surface area contributed by atoms with Crippen molar-refractivity contribution in [3.05, 3.63) is 65.5 Å². The lowest BCUT2D eigenvalue weighted by Gasteiger charge is -2.18. The van der Waals surface area contributed by atoms with Gasteiger partial charge in [-0.1, -0.05) is 43.3 Å². The van der Waals surface area contributed by atoms with Crippen LogP contribution in [-0.4, -0.2) is 23.6 Å². The van der Waals surface area contributed by atoms with E-state index < -0.39 is 11.9 Å². The Hall–Kier alpha value is -2.24. The number of aliphatic hydroxyl groups is 1. The normalized spacial score (nSPS) is 13.3. The fourth-order valence-corrected chi connectivity index (χ4v) is 2.67. The number of hydrogen-bond donors (Lipinski definition) is 3. The highest BCUT2D eigenvalue weighted by atomic mass is 19.1. The molecule has 2 aromatic rings. The minimum atomic E-state index is -0.951. The van der Waals surface area contributed by atoms with Gasteiger partial charge in [0.05, 0.1) is 6.10 Å². The summed E-state index contributed by atoms with van der Waals surface area (Å²) in [5.41, 5.74) is 2.17. The van der Waals surface area contributed by atoms with Crippen LogP contribution < -0.4 is 10.6 Å². The second kappa shape index (κ2) is 9.30. The van der Waals surface area contributed by atoms with Crippen LogP contribution in [0, 0.1) is 5.82 Å². The number of rotatable bonds is 8. The van der Waals surface area contributed by atoms with E-state index >= 15 is 0 Å². The van der Waals surface area contributed by atoms with Gasteiger partial charge < -0.3 is 15.7 Å². The lowest BCUT2D eigenvalue weighted by molar-refractivity contribution is -0.116. The molecule has 0 spiro atoms. The van der Waals surface area contributed by atoms with Crippen LogP contribution in [0.1, 0.15) is 37.5 Å². The molecule has 4 nitrogen and oxygen atoms in total. The molecule has 0 saturated heterocycles. The Morgan fingerprint density at radius 1 is 1.16 bits per heavy atom. The maximum absolute atomic E-state index is 13.6. The van der Waals surface area contributed by atoms with Crippen LogP contribution in [0.2, 0.25) is 0 Å². The van der Waals surface area contributed by atoms with Crippen molar-refractivity contribution in [2.24, 2.45) is 0 Å². The van der Waals surface area contributed by atoms with Gasteiger partial charge in [-0.15, -0.1) is 0 Å². The molecule has 0 bridgehead atoms. The molecular weight excluding hydrogens is 319 g/mol. The molecule has 2 atom stereocenters. The van der Waals surface area contributed by atoms with Crippen molar-refractivity contribution < 1.29 is 14.3 Å². The summed E-state index contributed by atoms with van der Waals surface area (Å²) in [4.78, 5) is 12.2. The Balaban J connectivity index is 1.82. The van der Waals surface area contributed by atoms with Crippen molar-refractivity contribution in [2.75, 3.05) is 11.9 Å². The van der Waals surface area contributed by atoms with Crippen molar-refractivity contribution in [1.29, 1.82) is 0 Å². The first-order chi connectivity index (χ1) is 12.0. The smallest absolute Gasteiger partial charge is 0.225 e. The number of anilines is 1. The quantitative estimate of drug-likeness (QED) is 0.687. The molecule has 2 rings (SSSR count). The van der Waals surface area contributed by atoms with Crippen LogP contribution in [0.25, 0.3) is 0 Å². The first-order valence-corrected chi connectivity index (χ1v) is 8.54. The van der Waals surface area contributed by atoms with Crippen molar-refractivity contribution in [2.45, 2.75) is 38.8 Å². The van der Waals surface area contributed by atoms with Crippen LogP contribution >= 0.6 is 0 Å². The highest BCUT2D eigenvalue weighted by Crippen LogP contribution is 2.17. The van der Waals surface area contributed by atoms with E-state index in [2.05, 4.69) is 10.6 Å². The summed E-state index contributed by atoms with van der Waals surface area (Å²) < 4.78 is 13.6. The third-order valence-electron chi connectivity index (χ3n) is 4.09. The number of nitrogens with one attached hydrogen (secondary N) is 2. The third-order valence-corrected chi connectivity index (χ3v) is 4.09. The van der Waals surface area contributed by atoms with Crippen molar-refractivity contribution in [3.8, 4) is 0 Å². The van der Waals surface area contributed by atoms with Crippen LogP contribution in [0.15, 0.2) is 48.5 Å². The number of benzene rings is 2. The van der Waals surface area contributed by atoms with Gasteiger partial charge >= 0.3 is 0 Å². The second-order valence-corrected chi connectivity index (χ2v) is 6.11. The van der Waals surface area contributed by atoms with Gasteiger partial charge in [0.15, 0.2) is 0 Å². The number of carbonyl (C=O) groups excluding carboxylic acids is 1. The van der Waals surface area contributed by atoms with E-state index in [1.54, 1.807) is 18.2 Å². The average molecular weight is 344 g/mol. The fourth-order valence-electron chi connectivity index (χ4n) is 2.67. The van der Waals surface area contributed by atoms with Gasteiger partial charge in [-0.05, 0) is 31.0 Å². The van der Waals surface area contributed by atoms with Gasteiger partial charge in [-0.2, -0.15) is 0 Å². The molecule has 3 N–H and O–H groups in total. The zero-order valence-corrected chi connectivity index (χ0v) is 14.6. The number of aliphatic hydroxyl groups excluding tert-OH is 1.